The highest BCUT2D eigenvalue weighted by atomic mass is 16.1. The highest BCUT2D eigenvalue weighted by Gasteiger charge is 2.25. The molecule has 1 heterocycles. The second-order valence-corrected chi connectivity index (χ2v) is 5.54. The molecule has 1 aromatic rings. The molecule has 5 heteroatoms. The van der Waals surface area contributed by atoms with E-state index in [1.54, 1.807) is 6.92 Å². The summed E-state index contributed by atoms with van der Waals surface area (Å²) in [5.74, 6) is 0.673. The molecule has 1 aliphatic carbocycles. The average Bonchev–Trinajstić information content (AvgIpc) is 3.10. The summed E-state index contributed by atoms with van der Waals surface area (Å²) in [6, 6.07) is 0.813. The van der Waals surface area contributed by atoms with Crippen molar-refractivity contribution in [1.82, 2.24) is 20.2 Å². The number of aromatic nitrogens is 2. The zero-order chi connectivity index (χ0) is 14.0. The maximum Gasteiger partial charge on any atom is 0.255 e. The molecule has 1 unspecified atom stereocenters. The molecule has 0 radical (unpaired) electrons. The van der Waals surface area contributed by atoms with Crippen LogP contribution in [0.4, 0.5) is 0 Å². The number of nitrogens with zero attached hydrogens (tertiary/aromatic N) is 2. The molecule has 0 saturated heterocycles. The van der Waals surface area contributed by atoms with Crippen LogP contribution in [0.1, 0.15) is 42.9 Å². The van der Waals surface area contributed by atoms with E-state index in [1.807, 2.05) is 13.8 Å². The SMILES string of the molecule is Cc1nc(C)c(C(C)NCCN(C)C2CC2)c(=O)[nH]1. The third kappa shape index (κ3) is 3.64. The van der Waals surface area contributed by atoms with Gasteiger partial charge in [-0.25, -0.2) is 4.98 Å². The number of nitrogens with one attached hydrogen (secondary N) is 2. The first-order valence-corrected chi connectivity index (χ1v) is 7.00. The lowest BCUT2D eigenvalue weighted by Crippen LogP contribution is -2.34. The van der Waals surface area contributed by atoms with Gasteiger partial charge in [-0.2, -0.15) is 0 Å². The lowest BCUT2D eigenvalue weighted by Gasteiger charge is -2.19. The van der Waals surface area contributed by atoms with Crippen molar-refractivity contribution in [2.45, 2.75) is 45.7 Å². The van der Waals surface area contributed by atoms with Crippen molar-refractivity contribution >= 4 is 0 Å². The van der Waals surface area contributed by atoms with E-state index in [1.165, 1.54) is 12.8 Å². The van der Waals surface area contributed by atoms with E-state index in [4.69, 9.17) is 0 Å². The minimum absolute atomic E-state index is 0.0273. The monoisotopic (exact) mass is 264 g/mol. The fourth-order valence-corrected chi connectivity index (χ4v) is 2.50. The Morgan fingerprint density at radius 2 is 2.16 bits per heavy atom. The summed E-state index contributed by atoms with van der Waals surface area (Å²) >= 11 is 0. The first-order valence-electron chi connectivity index (χ1n) is 7.00. The Kier molecular flexibility index (Phi) is 4.37. The standard InChI is InChI=1S/C14H24N4O/c1-9(15-7-8-18(4)12-5-6-12)13-10(2)16-11(3)17-14(13)19/h9,12,15H,5-8H2,1-4H3,(H,16,17,19). The summed E-state index contributed by atoms with van der Waals surface area (Å²) in [4.78, 5) is 21.5. The molecule has 19 heavy (non-hydrogen) atoms. The van der Waals surface area contributed by atoms with Gasteiger partial charge in [-0.15, -0.1) is 0 Å². The fourth-order valence-electron chi connectivity index (χ4n) is 2.50. The van der Waals surface area contributed by atoms with Gasteiger partial charge in [0.25, 0.3) is 5.56 Å². The summed E-state index contributed by atoms with van der Waals surface area (Å²) in [6.07, 6.45) is 2.65. The summed E-state index contributed by atoms with van der Waals surface area (Å²) in [5.41, 5.74) is 1.54. The first kappa shape index (κ1) is 14.2. The highest BCUT2D eigenvalue weighted by molar-refractivity contribution is 5.19. The van der Waals surface area contributed by atoms with Crippen LogP contribution < -0.4 is 10.9 Å². The number of H-pyrrole nitrogens is 1. The number of hydrogen-bond donors (Lipinski definition) is 2. The second kappa shape index (κ2) is 5.84. The molecule has 106 valence electrons. The quantitative estimate of drug-likeness (QED) is 0.808. The lowest BCUT2D eigenvalue weighted by atomic mass is 10.1. The lowest BCUT2D eigenvalue weighted by molar-refractivity contribution is 0.316. The van der Waals surface area contributed by atoms with Gasteiger partial charge in [0.05, 0.1) is 5.56 Å². The molecule has 0 spiro atoms. The zero-order valence-corrected chi connectivity index (χ0v) is 12.3. The van der Waals surface area contributed by atoms with Crippen molar-refractivity contribution in [1.29, 1.82) is 0 Å². The van der Waals surface area contributed by atoms with E-state index in [0.717, 1.165) is 30.4 Å². The van der Waals surface area contributed by atoms with Crippen molar-refractivity contribution in [2.24, 2.45) is 0 Å². The van der Waals surface area contributed by atoms with Crippen molar-refractivity contribution < 1.29 is 0 Å². The van der Waals surface area contributed by atoms with E-state index in [2.05, 4.69) is 27.2 Å². The van der Waals surface area contributed by atoms with Crippen molar-refractivity contribution in [3.05, 3.63) is 27.4 Å². The van der Waals surface area contributed by atoms with Crippen LogP contribution in [0.2, 0.25) is 0 Å². The number of aromatic amines is 1. The molecule has 5 nitrogen and oxygen atoms in total. The minimum atomic E-state index is -0.0273. The molecule has 0 amide bonds. The molecule has 0 aliphatic heterocycles. The summed E-state index contributed by atoms with van der Waals surface area (Å²) in [5, 5.41) is 3.41. The van der Waals surface area contributed by atoms with Gasteiger partial charge in [-0.3, -0.25) is 4.79 Å². The van der Waals surface area contributed by atoms with Gasteiger partial charge in [-0.1, -0.05) is 0 Å². The van der Waals surface area contributed by atoms with Gasteiger partial charge in [0, 0.05) is 30.9 Å². The minimum Gasteiger partial charge on any atom is -0.310 e. The van der Waals surface area contributed by atoms with Crippen LogP contribution in [0.15, 0.2) is 4.79 Å². The Labute approximate surface area is 114 Å². The molecule has 1 atom stereocenters. The predicted molar refractivity (Wildman–Crippen MR) is 76.4 cm³/mol. The number of hydrogen-bond acceptors (Lipinski definition) is 4. The average molecular weight is 264 g/mol. The zero-order valence-electron chi connectivity index (χ0n) is 12.3. The first-order chi connectivity index (χ1) is 8.99. The molecular weight excluding hydrogens is 240 g/mol. The van der Waals surface area contributed by atoms with Gasteiger partial charge in [0.15, 0.2) is 0 Å². The molecule has 1 aromatic heterocycles. The van der Waals surface area contributed by atoms with E-state index in [9.17, 15) is 4.79 Å². The van der Waals surface area contributed by atoms with E-state index in [-0.39, 0.29) is 11.6 Å². The Morgan fingerprint density at radius 1 is 1.47 bits per heavy atom. The van der Waals surface area contributed by atoms with Crippen LogP contribution in [-0.2, 0) is 0 Å². The highest BCUT2D eigenvalue weighted by Crippen LogP contribution is 2.24. The Hall–Kier alpha value is -1.20. The molecule has 2 rings (SSSR count). The molecule has 1 saturated carbocycles. The van der Waals surface area contributed by atoms with Gasteiger partial charge in [0.1, 0.15) is 5.82 Å². The van der Waals surface area contributed by atoms with Gasteiger partial charge in [0.2, 0.25) is 0 Å². The molecule has 1 aliphatic rings. The van der Waals surface area contributed by atoms with Crippen LogP contribution in [-0.4, -0.2) is 41.0 Å². The molecular formula is C14H24N4O. The van der Waals surface area contributed by atoms with Gasteiger partial charge in [-0.05, 0) is 40.7 Å². The Balaban J connectivity index is 1.92. The fraction of sp³-hybridized carbons (Fsp3) is 0.714. The smallest absolute Gasteiger partial charge is 0.255 e. The third-order valence-corrected chi connectivity index (χ3v) is 3.78. The topological polar surface area (TPSA) is 61.0 Å². The molecule has 0 bridgehead atoms. The van der Waals surface area contributed by atoms with Crippen molar-refractivity contribution in [2.75, 3.05) is 20.1 Å². The van der Waals surface area contributed by atoms with E-state index in [0.29, 0.717) is 5.82 Å². The molecule has 0 aromatic carbocycles. The van der Waals surface area contributed by atoms with E-state index >= 15 is 0 Å². The third-order valence-electron chi connectivity index (χ3n) is 3.78. The van der Waals surface area contributed by atoms with Crippen LogP contribution in [0.3, 0.4) is 0 Å². The van der Waals surface area contributed by atoms with Crippen molar-refractivity contribution in [3.8, 4) is 0 Å². The number of likely N-dealkylation sites (N-methyl/N-ethyl adjacent to an activating group) is 1. The van der Waals surface area contributed by atoms with Crippen LogP contribution in [0.5, 0.6) is 0 Å². The number of aryl methyl sites for hydroxylation is 2. The van der Waals surface area contributed by atoms with Gasteiger partial charge < -0.3 is 15.2 Å². The normalized spacial score (nSPS) is 16.9. The number of rotatable bonds is 6. The maximum atomic E-state index is 12.0. The summed E-state index contributed by atoms with van der Waals surface area (Å²) < 4.78 is 0. The van der Waals surface area contributed by atoms with Crippen LogP contribution >= 0.6 is 0 Å². The van der Waals surface area contributed by atoms with Crippen molar-refractivity contribution in [3.63, 3.8) is 0 Å². The Bertz CT molecular complexity index is 493. The summed E-state index contributed by atoms with van der Waals surface area (Å²) in [7, 11) is 2.16. The largest absolute Gasteiger partial charge is 0.310 e. The predicted octanol–water partition coefficient (Wildman–Crippen LogP) is 1.13. The Morgan fingerprint density at radius 3 is 2.74 bits per heavy atom. The molecule has 1 fully saturated rings. The maximum absolute atomic E-state index is 12.0. The van der Waals surface area contributed by atoms with Crippen LogP contribution in [0.25, 0.3) is 0 Å². The summed E-state index contributed by atoms with van der Waals surface area (Å²) in [6.45, 7) is 7.63. The second-order valence-electron chi connectivity index (χ2n) is 5.54. The molecule has 2 N–H and O–H groups in total. The van der Waals surface area contributed by atoms with E-state index < -0.39 is 0 Å². The van der Waals surface area contributed by atoms with Crippen LogP contribution in [0, 0.1) is 13.8 Å². The van der Waals surface area contributed by atoms with Gasteiger partial charge >= 0.3 is 0 Å².